The number of amides is 1. The number of carbonyl (C=O) groups excluding carboxylic acids is 1. The molecule has 4 heteroatoms. The summed E-state index contributed by atoms with van der Waals surface area (Å²) in [6.07, 6.45) is 4.91. The fourth-order valence-corrected chi connectivity index (χ4v) is 2.74. The van der Waals surface area contributed by atoms with Crippen LogP contribution >= 0.6 is 0 Å². The first-order valence-electron chi connectivity index (χ1n) is 8.98. The normalized spacial score (nSPS) is 13.4. The number of rotatable bonds is 10. The Labute approximate surface area is 146 Å². The van der Waals surface area contributed by atoms with E-state index in [-0.39, 0.29) is 5.91 Å². The van der Waals surface area contributed by atoms with Gasteiger partial charge in [-0.2, -0.15) is 0 Å². The Morgan fingerprint density at radius 2 is 1.75 bits per heavy atom. The molecule has 24 heavy (non-hydrogen) atoms. The van der Waals surface area contributed by atoms with Crippen LogP contribution in [0.4, 0.5) is 5.69 Å². The zero-order valence-corrected chi connectivity index (χ0v) is 16.1. The van der Waals surface area contributed by atoms with Crippen molar-refractivity contribution in [3.05, 3.63) is 23.3 Å². The van der Waals surface area contributed by atoms with Crippen molar-refractivity contribution in [2.45, 2.75) is 72.3 Å². The number of unbranched alkanes of at least 4 members (excludes halogenated alkanes) is 2. The summed E-state index contributed by atoms with van der Waals surface area (Å²) in [4.78, 5) is 12.7. The SMILES string of the molecule is CCCCCC(C)(OC)C(=O)Nc1cc(C)c(OCCC)c(C)c1. The van der Waals surface area contributed by atoms with Gasteiger partial charge >= 0.3 is 0 Å². The molecule has 136 valence electrons. The Bertz CT molecular complexity index is 519. The molecule has 4 nitrogen and oxygen atoms in total. The van der Waals surface area contributed by atoms with E-state index in [1.54, 1.807) is 7.11 Å². The van der Waals surface area contributed by atoms with E-state index >= 15 is 0 Å². The van der Waals surface area contributed by atoms with Crippen LogP contribution < -0.4 is 10.1 Å². The van der Waals surface area contributed by atoms with Crippen LogP contribution in [0.15, 0.2) is 12.1 Å². The Hall–Kier alpha value is -1.55. The van der Waals surface area contributed by atoms with Crippen molar-refractivity contribution in [3.8, 4) is 5.75 Å². The molecule has 0 saturated heterocycles. The molecular formula is C20H33NO3. The quantitative estimate of drug-likeness (QED) is 0.611. The van der Waals surface area contributed by atoms with E-state index in [2.05, 4.69) is 19.2 Å². The van der Waals surface area contributed by atoms with Gasteiger partial charge in [-0.3, -0.25) is 4.79 Å². The van der Waals surface area contributed by atoms with Crippen LogP contribution in [-0.2, 0) is 9.53 Å². The van der Waals surface area contributed by atoms with Crippen LogP contribution in [0.5, 0.6) is 5.75 Å². The number of aryl methyl sites for hydroxylation is 2. The summed E-state index contributed by atoms with van der Waals surface area (Å²) in [5.41, 5.74) is 2.05. The monoisotopic (exact) mass is 335 g/mol. The lowest BCUT2D eigenvalue weighted by Crippen LogP contribution is -2.42. The highest BCUT2D eigenvalue weighted by Gasteiger charge is 2.32. The lowest BCUT2D eigenvalue weighted by atomic mass is 9.96. The van der Waals surface area contributed by atoms with E-state index < -0.39 is 5.60 Å². The minimum Gasteiger partial charge on any atom is -0.493 e. The first-order chi connectivity index (χ1) is 11.4. The topological polar surface area (TPSA) is 47.6 Å². The molecule has 1 aromatic carbocycles. The average Bonchev–Trinajstić information content (AvgIpc) is 2.54. The molecule has 1 aromatic rings. The predicted octanol–water partition coefficient (Wildman–Crippen LogP) is 5.02. The second-order valence-corrected chi connectivity index (χ2v) is 6.63. The molecule has 0 radical (unpaired) electrons. The van der Waals surface area contributed by atoms with E-state index in [1.165, 1.54) is 0 Å². The number of methoxy groups -OCH3 is 1. The molecule has 1 unspecified atom stereocenters. The number of carbonyl (C=O) groups is 1. The van der Waals surface area contributed by atoms with Crippen LogP contribution in [-0.4, -0.2) is 25.2 Å². The van der Waals surface area contributed by atoms with Gasteiger partial charge in [0, 0.05) is 12.8 Å². The lowest BCUT2D eigenvalue weighted by Gasteiger charge is -2.27. The maximum atomic E-state index is 12.7. The molecule has 1 atom stereocenters. The van der Waals surface area contributed by atoms with Crippen LogP contribution in [0, 0.1) is 13.8 Å². The van der Waals surface area contributed by atoms with Crippen LogP contribution in [0.25, 0.3) is 0 Å². The van der Waals surface area contributed by atoms with Gasteiger partial charge in [0.2, 0.25) is 0 Å². The first kappa shape index (κ1) is 20.5. The lowest BCUT2D eigenvalue weighted by molar-refractivity contribution is -0.136. The van der Waals surface area contributed by atoms with Crippen LogP contribution in [0.1, 0.15) is 64.0 Å². The summed E-state index contributed by atoms with van der Waals surface area (Å²) < 4.78 is 11.3. The van der Waals surface area contributed by atoms with Crippen LogP contribution in [0.3, 0.4) is 0 Å². The highest BCUT2D eigenvalue weighted by molar-refractivity contribution is 5.97. The van der Waals surface area contributed by atoms with Crippen molar-refractivity contribution < 1.29 is 14.3 Å². The third kappa shape index (κ3) is 5.52. The fourth-order valence-electron chi connectivity index (χ4n) is 2.74. The highest BCUT2D eigenvalue weighted by atomic mass is 16.5. The number of benzene rings is 1. The second kappa shape index (κ2) is 9.67. The van der Waals surface area contributed by atoms with Crippen molar-refractivity contribution in [2.24, 2.45) is 0 Å². The van der Waals surface area contributed by atoms with Crippen molar-refractivity contribution in [1.29, 1.82) is 0 Å². The van der Waals surface area contributed by atoms with Gasteiger partial charge in [-0.05, 0) is 56.9 Å². The number of hydrogen-bond donors (Lipinski definition) is 1. The zero-order chi connectivity index (χ0) is 18.2. The Morgan fingerprint density at radius 1 is 1.12 bits per heavy atom. The molecule has 0 saturated carbocycles. The summed E-state index contributed by atoms with van der Waals surface area (Å²) in [6, 6.07) is 3.91. The van der Waals surface area contributed by atoms with E-state index in [9.17, 15) is 4.79 Å². The average molecular weight is 335 g/mol. The van der Waals surface area contributed by atoms with E-state index in [0.717, 1.165) is 54.7 Å². The molecule has 0 fully saturated rings. The maximum Gasteiger partial charge on any atom is 0.256 e. The summed E-state index contributed by atoms with van der Waals surface area (Å²) in [6.45, 7) is 10.8. The van der Waals surface area contributed by atoms with Crippen molar-refractivity contribution in [1.82, 2.24) is 0 Å². The van der Waals surface area contributed by atoms with Gasteiger partial charge < -0.3 is 14.8 Å². The van der Waals surface area contributed by atoms with E-state index in [1.807, 2.05) is 32.9 Å². The molecule has 0 aromatic heterocycles. The molecule has 1 rings (SSSR count). The van der Waals surface area contributed by atoms with Gasteiger partial charge in [0.25, 0.3) is 5.91 Å². The van der Waals surface area contributed by atoms with Gasteiger partial charge in [-0.15, -0.1) is 0 Å². The van der Waals surface area contributed by atoms with Crippen molar-refractivity contribution in [3.63, 3.8) is 0 Å². The van der Waals surface area contributed by atoms with E-state index in [0.29, 0.717) is 6.61 Å². The summed E-state index contributed by atoms with van der Waals surface area (Å²) in [5, 5.41) is 3.01. The third-order valence-corrected chi connectivity index (χ3v) is 4.36. The molecule has 0 spiro atoms. The van der Waals surface area contributed by atoms with E-state index in [4.69, 9.17) is 9.47 Å². The summed E-state index contributed by atoms with van der Waals surface area (Å²) >= 11 is 0. The smallest absolute Gasteiger partial charge is 0.256 e. The van der Waals surface area contributed by atoms with Crippen molar-refractivity contribution >= 4 is 11.6 Å². The van der Waals surface area contributed by atoms with Gasteiger partial charge in [-0.25, -0.2) is 0 Å². The highest BCUT2D eigenvalue weighted by Crippen LogP contribution is 2.28. The molecule has 1 amide bonds. The fraction of sp³-hybridized carbons (Fsp3) is 0.650. The predicted molar refractivity (Wildman–Crippen MR) is 99.9 cm³/mol. The minimum absolute atomic E-state index is 0.0953. The Morgan fingerprint density at radius 3 is 2.25 bits per heavy atom. The van der Waals surface area contributed by atoms with Gasteiger partial charge in [0.1, 0.15) is 11.4 Å². The summed E-state index contributed by atoms with van der Waals surface area (Å²) in [5.74, 6) is 0.814. The summed E-state index contributed by atoms with van der Waals surface area (Å²) in [7, 11) is 1.60. The molecule has 0 heterocycles. The molecule has 1 N–H and O–H groups in total. The second-order valence-electron chi connectivity index (χ2n) is 6.63. The molecular weight excluding hydrogens is 302 g/mol. The van der Waals surface area contributed by atoms with Gasteiger partial charge in [0.05, 0.1) is 6.61 Å². The Kier molecular flexibility index (Phi) is 8.26. The first-order valence-corrected chi connectivity index (χ1v) is 8.98. The maximum absolute atomic E-state index is 12.7. The standard InChI is InChI=1S/C20H33NO3/c1-7-9-10-11-20(5,23-6)19(22)21-17-13-15(3)18(16(4)14-17)24-12-8-2/h13-14H,7-12H2,1-6H3,(H,21,22). The van der Waals surface area contributed by atoms with Crippen LogP contribution in [0.2, 0.25) is 0 Å². The molecule has 0 aliphatic carbocycles. The number of nitrogens with one attached hydrogen (secondary N) is 1. The number of ether oxygens (including phenoxy) is 2. The zero-order valence-electron chi connectivity index (χ0n) is 16.1. The molecule has 0 aliphatic heterocycles. The van der Waals surface area contributed by atoms with Crippen molar-refractivity contribution in [2.75, 3.05) is 19.0 Å². The molecule has 0 bridgehead atoms. The molecule has 0 aliphatic rings. The number of anilines is 1. The van der Waals surface area contributed by atoms with Gasteiger partial charge in [0.15, 0.2) is 0 Å². The minimum atomic E-state index is -0.797. The largest absolute Gasteiger partial charge is 0.493 e. The Balaban J connectivity index is 2.85. The third-order valence-electron chi connectivity index (χ3n) is 4.36. The van der Waals surface area contributed by atoms with Gasteiger partial charge in [-0.1, -0.05) is 33.1 Å². The number of hydrogen-bond acceptors (Lipinski definition) is 3.